The summed E-state index contributed by atoms with van der Waals surface area (Å²) >= 11 is 0. The van der Waals surface area contributed by atoms with Gasteiger partial charge in [-0.2, -0.15) is 0 Å². The van der Waals surface area contributed by atoms with E-state index in [1.54, 1.807) is 13.0 Å². The van der Waals surface area contributed by atoms with E-state index in [4.69, 9.17) is 4.52 Å². The number of aromatic nitrogens is 6. The average Bonchev–Trinajstić information content (AvgIpc) is 3.45. The lowest BCUT2D eigenvalue weighted by atomic mass is 10.0. The summed E-state index contributed by atoms with van der Waals surface area (Å²) in [7, 11) is 0. The number of hydrogen-bond acceptors (Lipinski definition) is 8. The van der Waals surface area contributed by atoms with Crippen LogP contribution in [0.1, 0.15) is 66.7 Å². The minimum absolute atomic E-state index is 0.128. The third-order valence-corrected chi connectivity index (χ3v) is 5.52. The Morgan fingerprint density at radius 2 is 2.00 bits per heavy atom. The van der Waals surface area contributed by atoms with E-state index in [1.807, 2.05) is 12.1 Å². The first-order valence-electron chi connectivity index (χ1n) is 10.7. The van der Waals surface area contributed by atoms with E-state index in [-0.39, 0.29) is 23.9 Å². The van der Waals surface area contributed by atoms with Gasteiger partial charge in [0, 0.05) is 23.7 Å². The van der Waals surface area contributed by atoms with E-state index < -0.39 is 6.04 Å². The van der Waals surface area contributed by atoms with E-state index in [2.05, 4.69) is 54.6 Å². The molecule has 0 aliphatic carbocycles. The number of carbonyl (C=O) groups is 2. The first-order valence-corrected chi connectivity index (χ1v) is 10.7. The first kappa shape index (κ1) is 20.7. The highest BCUT2D eigenvalue weighted by Gasteiger charge is 2.25. The van der Waals surface area contributed by atoms with Crippen molar-refractivity contribution in [1.29, 1.82) is 0 Å². The lowest BCUT2D eigenvalue weighted by Crippen LogP contribution is -2.30. The fourth-order valence-electron chi connectivity index (χ4n) is 3.68. The summed E-state index contributed by atoms with van der Waals surface area (Å²) in [6.07, 6.45) is 1.95. The van der Waals surface area contributed by atoms with Crippen LogP contribution in [0.4, 0.5) is 5.82 Å². The summed E-state index contributed by atoms with van der Waals surface area (Å²) in [6, 6.07) is 5.17. The highest BCUT2D eigenvalue weighted by Crippen LogP contribution is 2.25. The third kappa shape index (κ3) is 3.93. The average molecular weight is 446 g/mol. The molecule has 33 heavy (non-hydrogen) atoms. The Labute approximate surface area is 188 Å². The van der Waals surface area contributed by atoms with Gasteiger partial charge < -0.3 is 20.1 Å². The van der Waals surface area contributed by atoms with E-state index >= 15 is 0 Å². The Bertz CT molecular complexity index is 1370. The normalized spacial score (nSPS) is 14.2. The summed E-state index contributed by atoms with van der Waals surface area (Å²) in [5.41, 5.74) is 3.75. The molecule has 0 unspecified atom stereocenters. The number of nitrogens with zero attached hydrogens (tertiary/aromatic N) is 5. The molecule has 11 nitrogen and oxygen atoms in total. The standard InChI is InChI=1S/C22H22N8O3/c1-10(2)13-5-6-14-20(26-13)29-21(27-14)15-8-16(33-30-15)11(3)25-22(32)18-12-4-7-17(31)28-19(12)24-9-23-18/h5-6,8-11H,4,7H2,1-3H3,(H,25,32)(H,26,27,29)(H,23,24,28,31)/t11-/m1/s1. The Morgan fingerprint density at radius 3 is 2.82 bits per heavy atom. The summed E-state index contributed by atoms with van der Waals surface area (Å²) in [4.78, 5) is 44.9. The zero-order chi connectivity index (χ0) is 23.1. The molecule has 3 N–H and O–H groups in total. The molecular formula is C22H22N8O3. The van der Waals surface area contributed by atoms with Gasteiger partial charge in [-0.1, -0.05) is 19.0 Å². The SMILES string of the molecule is CC(C)c1ccc2[nH]c(-c3cc([C@@H](C)NC(=O)c4ncnc5c4CCC(=O)N5)on3)nc2n1. The molecule has 0 saturated carbocycles. The van der Waals surface area contributed by atoms with E-state index in [1.165, 1.54) is 6.33 Å². The van der Waals surface area contributed by atoms with Crippen LogP contribution in [0.3, 0.4) is 0 Å². The monoisotopic (exact) mass is 446 g/mol. The van der Waals surface area contributed by atoms with Gasteiger partial charge in [-0.3, -0.25) is 9.59 Å². The maximum atomic E-state index is 12.9. The molecule has 5 rings (SSSR count). The van der Waals surface area contributed by atoms with Gasteiger partial charge in [0.1, 0.15) is 23.5 Å². The largest absolute Gasteiger partial charge is 0.358 e. The van der Waals surface area contributed by atoms with Gasteiger partial charge in [0.05, 0.1) is 11.6 Å². The van der Waals surface area contributed by atoms with Crippen LogP contribution in [0.25, 0.3) is 22.7 Å². The third-order valence-electron chi connectivity index (χ3n) is 5.52. The van der Waals surface area contributed by atoms with Crippen LogP contribution in [-0.2, 0) is 11.2 Å². The van der Waals surface area contributed by atoms with Crippen LogP contribution in [0.5, 0.6) is 0 Å². The first-order chi connectivity index (χ1) is 15.9. The fraction of sp³-hybridized carbons (Fsp3) is 0.318. The maximum Gasteiger partial charge on any atom is 0.270 e. The number of anilines is 1. The molecule has 0 fully saturated rings. The number of aromatic amines is 1. The van der Waals surface area contributed by atoms with E-state index in [9.17, 15) is 9.59 Å². The molecule has 168 valence electrons. The maximum absolute atomic E-state index is 12.9. The zero-order valence-corrected chi connectivity index (χ0v) is 18.3. The van der Waals surface area contributed by atoms with Gasteiger partial charge in [0.25, 0.3) is 5.91 Å². The summed E-state index contributed by atoms with van der Waals surface area (Å²) < 4.78 is 5.47. The minimum Gasteiger partial charge on any atom is -0.358 e. The number of fused-ring (bicyclic) bond motifs is 2. The van der Waals surface area contributed by atoms with E-state index in [0.717, 1.165) is 11.2 Å². The fourth-order valence-corrected chi connectivity index (χ4v) is 3.68. The molecule has 0 aromatic carbocycles. The molecule has 1 atom stereocenters. The van der Waals surface area contributed by atoms with Crippen LogP contribution in [0.15, 0.2) is 29.0 Å². The van der Waals surface area contributed by atoms with Crippen molar-refractivity contribution in [2.45, 2.75) is 45.6 Å². The molecule has 4 aromatic heterocycles. The van der Waals surface area contributed by atoms with Gasteiger partial charge in [-0.15, -0.1) is 0 Å². The topological polar surface area (TPSA) is 152 Å². The van der Waals surface area contributed by atoms with Crippen molar-refractivity contribution >= 4 is 28.8 Å². The lowest BCUT2D eigenvalue weighted by molar-refractivity contribution is -0.116. The van der Waals surface area contributed by atoms with Crippen LogP contribution in [-0.4, -0.2) is 41.9 Å². The number of hydrogen-bond donors (Lipinski definition) is 3. The molecule has 5 heterocycles. The zero-order valence-electron chi connectivity index (χ0n) is 18.3. The second kappa shape index (κ2) is 8.08. The second-order valence-electron chi connectivity index (χ2n) is 8.25. The Hall–Kier alpha value is -4.15. The molecule has 2 amide bonds. The molecule has 4 aromatic rings. The highest BCUT2D eigenvalue weighted by atomic mass is 16.5. The van der Waals surface area contributed by atoms with Crippen molar-refractivity contribution in [2.75, 3.05) is 5.32 Å². The predicted octanol–water partition coefficient (Wildman–Crippen LogP) is 2.90. The summed E-state index contributed by atoms with van der Waals surface area (Å²) in [5.74, 6) is 1.16. The van der Waals surface area contributed by atoms with Gasteiger partial charge in [0.15, 0.2) is 17.2 Å². The van der Waals surface area contributed by atoms with Gasteiger partial charge in [0.2, 0.25) is 5.91 Å². The van der Waals surface area contributed by atoms with Crippen LogP contribution in [0.2, 0.25) is 0 Å². The number of imidazole rings is 1. The molecular weight excluding hydrogens is 424 g/mol. The van der Waals surface area contributed by atoms with Crippen LogP contribution >= 0.6 is 0 Å². The van der Waals surface area contributed by atoms with Gasteiger partial charge >= 0.3 is 0 Å². The smallest absolute Gasteiger partial charge is 0.270 e. The molecule has 1 aliphatic heterocycles. The van der Waals surface area contributed by atoms with Crippen molar-refractivity contribution in [2.24, 2.45) is 0 Å². The van der Waals surface area contributed by atoms with Crippen molar-refractivity contribution < 1.29 is 14.1 Å². The Morgan fingerprint density at radius 1 is 1.15 bits per heavy atom. The number of amides is 2. The predicted molar refractivity (Wildman–Crippen MR) is 118 cm³/mol. The number of pyridine rings is 1. The Balaban J connectivity index is 1.34. The van der Waals surface area contributed by atoms with Crippen molar-refractivity contribution in [3.05, 3.63) is 47.2 Å². The van der Waals surface area contributed by atoms with E-state index in [0.29, 0.717) is 46.6 Å². The number of H-pyrrole nitrogens is 1. The molecule has 11 heteroatoms. The number of carbonyl (C=O) groups excluding carboxylic acids is 2. The molecule has 1 aliphatic rings. The quantitative estimate of drug-likeness (QED) is 0.423. The van der Waals surface area contributed by atoms with Crippen molar-refractivity contribution in [3.63, 3.8) is 0 Å². The van der Waals surface area contributed by atoms with Gasteiger partial charge in [-0.05, 0) is 31.4 Å². The highest BCUT2D eigenvalue weighted by molar-refractivity contribution is 5.99. The molecule has 0 saturated heterocycles. The summed E-state index contributed by atoms with van der Waals surface area (Å²) in [5, 5.41) is 9.63. The molecule has 0 spiro atoms. The Kier molecular flexibility index (Phi) is 5.08. The number of nitrogens with one attached hydrogen (secondary N) is 3. The minimum atomic E-state index is -0.474. The molecule has 0 bridgehead atoms. The van der Waals surface area contributed by atoms with Crippen LogP contribution < -0.4 is 10.6 Å². The van der Waals surface area contributed by atoms with Gasteiger partial charge in [-0.25, -0.2) is 19.9 Å². The number of rotatable bonds is 5. The molecule has 0 radical (unpaired) electrons. The van der Waals surface area contributed by atoms with Crippen molar-refractivity contribution in [1.82, 2.24) is 35.4 Å². The van der Waals surface area contributed by atoms with Crippen molar-refractivity contribution in [3.8, 4) is 11.5 Å². The second-order valence-corrected chi connectivity index (χ2v) is 8.25. The lowest BCUT2D eigenvalue weighted by Gasteiger charge is -2.18. The van der Waals surface area contributed by atoms with Crippen LogP contribution in [0, 0.1) is 0 Å². The summed E-state index contributed by atoms with van der Waals surface area (Å²) in [6.45, 7) is 5.94.